The number of piperidine rings is 1. The molecule has 0 saturated carbocycles. The van der Waals surface area contributed by atoms with Crippen molar-refractivity contribution >= 4 is 11.6 Å². The van der Waals surface area contributed by atoms with Gasteiger partial charge in [0.25, 0.3) is 0 Å². The van der Waals surface area contributed by atoms with Crippen molar-refractivity contribution in [1.82, 2.24) is 4.90 Å². The molecule has 2 aromatic carbocycles. The smallest absolute Gasteiger partial charge is 0.229 e. The van der Waals surface area contributed by atoms with E-state index < -0.39 is 5.60 Å². The number of anilines is 1. The molecule has 1 heterocycles. The van der Waals surface area contributed by atoms with E-state index in [1.807, 2.05) is 30.3 Å². The fraction of sp³-hybridized carbons (Fsp3) is 0.519. The number of carbonyl (C=O) groups excluding carboxylic acids is 1. The molecule has 3 rings (SSSR count). The van der Waals surface area contributed by atoms with Gasteiger partial charge in [-0.15, -0.1) is 0 Å². The minimum atomic E-state index is -0.989. The van der Waals surface area contributed by atoms with E-state index in [1.54, 1.807) is 25.1 Å². The van der Waals surface area contributed by atoms with Crippen LogP contribution in [0.3, 0.4) is 0 Å². The molecule has 1 aliphatic rings. The van der Waals surface area contributed by atoms with Crippen molar-refractivity contribution in [3.05, 3.63) is 54.1 Å². The Morgan fingerprint density at radius 3 is 2.50 bits per heavy atom. The van der Waals surface area contributed by atoms with Crippen molar-refractivity contribution in [3.8, 4) is 11.5 Å². The van der Waals surface area contributed by atoms with Crippen LogP contribution < -0.4 is 14.4 Å². The number of carbonyl (C=O) groups is 1. The first kappa shape index (κ1) is 26.0. The maximum absolute atomic E-state index is 13.1. The Balaban J connectivity index is 1.58. The summed E-state index contributed by atoms with van der Waals surface area (Å²) in [6.45, 7) is 5.19. The van der Waals surface area contributed by atoms with E-state index >= 15 is 0 Å². The minimum absolute atomic E-state index is 0.0878. The fourth-order valence-corrected chi connectivity index (χ4v) is 4.08. The SMILES string of the molecule is CCCCOc1ccc(N(C)C(=O)CC2(O)CCN(Cc3ccccc3)CC2)cc1OCOC. The lowest BCUT2D eigenvalue weighted by Gasteiger charge is -2.38. The Kier molecular flexibility index (Phi) is 9.74. The fourth-order valence-electron chi connectivity index (χ4n) is 4.08. The highest BCUT2D eigenvalue weighted by Gasteiger charge is 2.35. The van der Waals surface area contributed by atoms with Crippen molar-refractivity contribution in [2.45, 2.75) is 51.2 Å². The number of likely N-dealkylation sites (tertiary alicyclic amines) is 1. The van der Waals surface area contributed by atoms with E-state index in [-0.39, 0.29) is 19.1 Å². The lowest BCUT2D eigenvalue weighted by molar-refractivity contribution is -0.125. The van der Waals surface area contributed by atoms with Crippen LogP contribution in [0.4, 0.5) is 5.69 Å². The van der Waals surface area contributed by atoms with Gasteiger partial charge in [0.2, 0.25) is 5.91 Å². The van der Waals surface area contributed by atoms with Crippen LogP contribution in [-0.2, 0) is 16.1 Å². The number of hydrogen-bond acceptors (Lipinski definition) is 6. The standard InChI is InChI=1S/C27H38N2O5/c1-4-5-17-33-24-12-11-23(18-25(24)34-21-32-3)28(2)26(30)19-27(31)13-15-29(16-14-27)20-22-9-7-6-8-10-22/h6-12,18,31H,4-5,13-17,19-21H2,1-3H3. The van der Waals surface area contributed by atoms with Crippen molar-refractivity contribution in [2.24, 2.45) is 0 Å². The first-order valence-corrected chi connectivity index (χ1v) is 12.1. The van der Waals surface area contributed by atoms with Gasteiger partial charge in [0.05, 0.1) is 18.6 Å². The summed E-state index contributed by atoms with van der Waals surface area (Å²) in [5, 5.41) is 11.1. The zero-order chi connectivity index (χ0) is 24.4. The summed E-state index contributed by atoms with van der Waals surface area (Å²) in [7, 11) is 3.28. The summed E-state index contributed by atoms with van der Waals surface area (Å²) < 4.78 is 16.5. The second kappa shape index (κ2) is 12.7. The Morgan fingerprint density at radius 1 is 1.09 bits per heavy atom. The predicted octanol–water partition coefficient (Wildman–Crippen LogP) is 4.23. The number of nitrogens with zero attached hydrogens (tertiary/aromatic N) is 2. The Hall–Kier alpha value is -2.61. The molecule has 7 heteroatoms. The van der Waals surface area contributed by atoms with Crippen molar-refractivity contribution in [3.63, 3.8) is 0 Å². The van der Waals surface area contributed by atoms with Crippen molar-refractivity contribution in [2.75, 3.05) is 45.5 Å². The molecule has 1 fully saturated rings. The summed E-state index contributed by atoms with van der Waals surface area (Å²) in [5.74, 6) is 1.03. The first-order chi connectivity index (χ1) is 16.4. The lowest BCUT2D eigenvalue weighted by Crippen LogP contribution is -2.47. The molecule has 0 spiro atoms. The molecule has 0 radical (unpaired) electrons. The van der Waals surface area contributed by atoms with Gasteiger partial charge in [-0.05, 0) is 37.0 Å². The highest BCUT2D eigenvalue weighted by molar-refractivity contribution is 5.93. The molecule has 1 N–H and O–H groups in total. The van der Waals surface area contributed by atoms with E-state index in [0.717, 1.165) is 32.5 Å². The number of hydrogen-bond donors (Lipinski definition) is 1. The van der Waals surface area contributed by atoms with Crippen molar-refractivity contribution in [1.29, 1.82) is 0 Å². The maximum Gasteiger partial charge on any atom is 0.229 e. The van der Waals surface area contributed by atoms with Crippen LogP contribution in [0.15, 0.2) is 48.5 Å². The van der Waals surface area contributed by atoms with Gasteiger partial charge in [0.1, 0.15) is 0 Å². The average molecular weight is 471 g/mol. The Bertz CT molecular complexity index is 897. The zero-order valence-electron chi connectivity index (χ0n) is 20.7. The van der Waals surface area contributed by atoms with Crippen LogP contribution in [0.25, 0.3) is 0 Å². The van der Waals surface area contributed by atoms with Crippen LogP contribution in [0.1, 0.15) is 44.6 Å². The molecule has 186 valence electrons. The van der Waals surface area contributed by atoms with E-state index in [4.69, 9.17) is 14.2 Å². The van der Waals surface area contributed by atoms with Gasteiger partial charge in [-0.3, -0.25) is 9.69 Å². The molecule has 2 aromatic rings. The van der Waals surface area contributed by atoms with E-state index in [9.17, 15) is 9.90 Å². The van der Waals surface area contributed by atoms with Crippen LogP contribution >= 0.6 is 0 Å². The lowest BCUT2D eigenvalue weighted by atomic mass is 9.87. The molecule has 1 aliphatic heterocycles. The van der Waals surface area contributed by atoms with Gasteiger partial charge in [0.15, 0.2) is 18.3 Å². The van der Waals surface area contributed by atoms with Gasteiger partial charge in [-0.1, -0.05) is 43.7 Å². The number of amides is 1. The quantitative estimate of drug-likeness (QED) is 0.370. The van der Waals surface area contributed by atoms with Gasteiger partial charge < -0.3 is 24.2 Å². The van der Waals surface area contributed by atoms with Crippen LogP contribution in [0.2, 0.25) is 0 Å². The molecule has 1 amide bonds. The minimum Gasteiger partial charge on any atom is -0.490 e. The Labute approximate surface area is 203 Å². The van der Waals surface area contributed by atoms with Crippen molar-refractivity contribution < 1.29 is 24.1 Å². The Morgan fingerprint density at radius 2 is 1.82 bits per heavy atom. The van der Waals surface area contributed by atoms with Crippen LogP contribution in [0, 0.1) is 0 Å². The van der Waals surface area contributed by atoms with Gasteiger partial charge in [0, 0.05) is 45.5 Å². The van der Waals surface area contributed by atoms with Gasteiger partial charge in [-0.25, -0.2) is 0 Å². The van der Waals surface area contributed by atoms with E-state index in [2.05, 4.69) is 24.0 Å². The average Bonchev–Trinajstić information content (AvgIpc) is 2.85. The van der Waals surface area contributed by atoms with E-state index in [0.29, 0.717) is 36.6 Å². The summed E-state index contributed by atoms with van der Waals surface area (Å²) in [4.78, 5) is 17.0. The summed E-state index contributed by atoms with van der Waals surface area (Å²) >= 11 is 0. The third-order valence-electron chi connectivity index (χ3n) is 6.29. The molecule has 34 heavy (non-hydrogen) atoms. The number of aliphatic hydroxyl groups is 1. The first-order valence-electron chi connectivity index (χ1n) is 12.1. The number of ether oxygens (including phenoxy) is 3. The van der Waals surface area contributed by atoms with Crippen LogP contribution in [0.5, 0.6) is 11.5 Å². The molecule has 0 unspecified atom stereocenters. The summed E-state index contributed by atoms with van der Waals surface area (Å²) in [6, 6.07) is 15.8. The molecule has 0 bridgehead atoms. The number of benzene rings is 2. The molecule has 0 aromatic heterocycles. The highest BCUT2D eigenvalue weighted by atomic mass is 16.7. The van der Waals surface area contributed by atoms with Crippen LogP contribution in [-0.4, -0.2) is 62.2 Å². The summed E-state index contributed by atoms with van der Waals surface area (Å²) in [5.41, 5.74) is 0.957. The normalized spacial score (nSPS) is 15.6. The van der Waals surface area contributed by atoms with Gasteiger partial charge >= 0.3 is 0 Å². The highest BCUT2D eigenvalue weighted by Crippen LogP contribution is 2.33. The third-order valence-corrected chi connectivity index (χ3v) is 6.29. The molecular formula is C27H38N2O5. The van der Waals surface area contributed by atoms with Gasteiger partial charge in [-0.2, -0.15) is 0 Å². The zero-order valence-corrected chi connectivity index (χ0v) is 20.7. The number of rotatable bonds is 12. The molecule has 1 saturated heterocycles. The predicted molar refractivity (Wildman–Crippen MR) is 133 cm³/mol. The molecule has 7 nitrogen and oxygen atoms in total. The third kappa shape index (κ3) is 7.45. The summed E-state index contributed by atoms with van der Waals surface area (Å²) in [6.07, 6.45) is 3.23. The molecule has 0 aliphatic carbocycles. The largest absolute Gasteiger partial charge is 0.490 e. The molecule has 0 atom stereocenters. The monoisotopic (exact) mass is 470 g/mol. The van der Waals surface area contributed by atoms with E-state index in [1.165, 1.54) is 5.56 Å². The second-order valence-electron chi connectivity index (χ2n) is 9.00. The number of methoxy groups -OCH3 is 1. The number of unbranched alkanes of at least 4 members (excludes halogenated alkanes) is 1. The topological polar surface area (TPSA) is 71.5 Å². The second-order valence-corrected chi connectivity index (χ2v) is 9.00. The maximum atomic E-state index is 13.1. The molecular weight excluding hydrogens is 432 g/mol.